The molecule has 0 N–H and O–H groups in total. The van der Waals surface area contributed by atoms with Gasteiger partial charge in [-0.1, -0.05) is 18.2 Å². The SMILES string of the molecule is CCn1nc(C)c(CN(C)C(=O)c2ccn(COc3ccccc3)n2)c1C. The van der Waals surface area contributed by atoms with E-state index in [0.29, 0.717) is 12.2 Å². The van der Waals surface area contributed by atoms with Crippen LogP contribution in [0.1, 0.15) is 34.4 Å². The van der Waals surface area contributed by atoms with E-state index in [1.54, 1.807) is 28.9 Å². The monoisotopic (exact) mass is 367 g/mol. The van der Waals surface area contributed by atoms with Gasteiger partial charge in [0.25, 0.3) is 5.91 Å². The summed E-state index contributed by atoms with van der Waals surface area (Å²) in [6.45, 7) is 7.64. The largest absolute Gasteiger partial charge is 0.471 e. The molecule has 0 saturated carbocycles. The molecule has 2 heterocycles. The lowest BCUT2D eigenvalue weighted by Crippen LogP contribution is -2.27. The molecule has 7 heteroatoms. The van der Waals surface area contributed by atoms with Crippen LogP contribution in [-0.4, -0.2) is 37.4 Å². The van der Waals surface area contributed by atoms with E-state index in [-0.39, 0.29) is 12.6 Å². The number of carbonyl (C=O) groups is 1. The highest BCUT2D eigenvalue weighted by Crippen LogP contribution is 2.16. The molecule has 0 saturated heterocycles. The Morgan fingerprint density at radius 2 is 1.89 bits per heavy atom. The number of benzene rings is 1. The fourth-order valence-electron chi connectivity index (χ4n) is 2.98. The standard InChI is InChI=1S/C20H25N5O2/c1-5-25-16(3)18(15(2)21-25)13-23(4)20(26)19-11-12-24(22-19)14-27-17-9-7-6-8-10-17/h6-12H,5,13-14H2,1-4H3. The molecule has 7 nitrogen and oxygen atoms in total. The van der Waals surface area contributed by atoms with Gasteiger partial charge in [-0.25, -0.2) is 4.68 Å². The quantitative estimate of drug-likeness (QED) is 0.644. The van der Waals surface area contributed by atoms with E-state index in [2.05, 4.69) is 17.1 Å². The average molecular weight is 367 g/mol. The van der Waals surface area contributed by atoms with E-state index in [9.17, 15) is 4.79 Å². The average Bonchev–Trinajstić information content (AvgIpc) is 3.26. The van der Waals surface area contributed by atoms with Gasteiger partial charge in [-0.3, -0.25) is 9.48 Å². The van der Waals surface area contributed by atoms with Crippen LogP contribution in [0.3, 0.4) is 0 Å². The zero-order valence-electron chi connectivity index (χ0n) is 16.2. The zero-order valence-corrected chi connectivity index (χ0v) is 16.2. The summed E-state index contributed by atoms with van der Waals surface area (Å²) in [7, 11) is 1.78. The van der Waals surface area contributed by atoms with E-state index < -0.39 is 0 Å². The highest BCUT2D eigenvalue weighted by molar-refractivity contribution is 5.92. The number of hydrogen-bond acceptors (Lipinski definition) is 4. The summed E-state index contributed by atoms with van der Waals surface area (Å²) in [4.78, 5) is 14.4. The van der Waals surface area contributed by atoms with E-state index >= 15 is 0 Å². The third kappa shape index (κ3) is 4.19. The van der Waals surface area contributed by atoms with Crippen LogP contribution < -0.4 is 4.74 Å². The van der Waals surface area contributed by atoms with E-state index in [4.69, 9.17) is 4.74 Å². The van der Waals surface area contributed by atoms with Gasteiger partial charge in [0.05, 0.1) is 5.69 Å². The number of carbonyl (C=O) groups excluding carboxylic acids is 1. The summed E-state index contributed by atoms with van der Waals surface area (Å²) < 4.78 is 9.22. The maximum absolute atomic E-state index is 12.7. The summed E-state index contributed by atoms with van der Waals surface area (Å²) in [5, 5.41) is 8.85. The first kappa shape index (κ1) is 18.7. The lowest BCUT2D eigenvalue weighted by Gasteiger charge is -2.16. The van der Waals surface area contributed by atoms with Crippen LogP contribution in [0.5, 0.6) is 5.75 Å². The molecule has 0 spiro atoms. The first-order valence-corrected chi connectivity index (χ1v) is 8.99. The maximum Gasteiger partial charge on any atom is 0.274 e. The molecule has 0 unspecified atom stereocenters. The summed E-state index contributed by atoms with van der Waals surface area (Å²) in [6.07, 6.45) is 1.75. The number of rotatable bonds is 7. The lowest BCUT2D eigenvalue weighted by molar-refractivity contribution is 0.0776. The van der Waals surface area contributed by atoms with Crippen LogP contribution in [0.2, 0.25) is 0 Å². The van der Waals surface area contributed by atoms with Crippen LogP contribution in [0.4, 0.5) is 0 Å². The fraction of sp³-hybridized carbons (Fsp3) is 0.350. The Balaban J connectivity index is 1.64. The molecule has 2 aromatic heterocycles. The predicted molar refractivity (Wildman–Crippen MR) is 102 cm³/mol. The first-order valence-electron chi connectivity index (χ1n) is 8.99. The highest BCUT2D eigenvalue weighted by Gasteiger charge is 2.19. The predicted octanol–water partition coefficient (Wildman–Crippen LogP) is 3.03. The van der Waals surface area contributed by atoms with Gasteiger partial charge >= 0.3 is 0 Å². The van der Waals surface area contributed by atoms with Gasteiger partial charge in [0.15, 0.2) is 12.4 Å². The van der Waals surface area contributed by atoms with Crippen LogP contribution in [0.15, 0.2) is 42.6 Å². The van der Waals surface area contributed by atoms with Gasteiger partial charge in [-0.05, 0) is 39.0 Å². The molecule has 0 aliphatic carbocycles. The van der Waals surface area contributed by atoms with Crippen molar-refractivity contribution >= 4 is 5.91 Å². The number of aromatic nitrogens is 4. The van der Waals surface area contributed by atoms with Crippen LogP contribution in [-0.2, 0) is 19.8 Å². The number of hydrogen-bond donors (Lipinski definition) is 0. The molecule has 27 heavy (non-hydrogen) atoms. The van der Waals surface area contributed by atoms with Crippen molar-refractivity contribution in [3.8, 4) is 5.75 Å². The Labute approximate surface area is 159 Å². The van der Waals surface area contributed by atoms with Crippen molar-refractivity contribution in [2.75, 3.05) is 7.05 Å². The molecule has 0 atom stereocenters. The van der Waals surface area contributed by atoms with E-state index in [0.717, 1.165) is 29.2 Å². The molecule has 0 fully saturated rings. The summed E-state index contributed by atoms with van der Waals surface area (Å²) >= 11 is 0. The zero-order chi connectivity index (χ0) is 19.4. The van der Waals surface area contributed by atoms with E-state index in [1.165, 1.54) is 0 Å². The first-order chi connectivity index (χ1) is 13.0. The fourth-order valence-corrected chi connectivity index (χ4v) is 2.98. The number of para-hydroxylation sites is 1. The number of aryl methyl sites for hydroxylation is 2. The van der Waals surface area contributed by atoms with Gasteiger partial charge in [0, 0.05) is 37.6 Å². The third-order valence-corrected chi connectivity index (χ3v) is 4.54. The Hall–Kier alpha value is -3.09. The van der Waals surface area contributed by atoms with Crippen molar-refractivity contribution in [2.24, 2.45) is 0 Å². The summed E-state index contributed by atoms with van der Waals surface area (Å²) in [6, 6.07) is 11.2. The second-order valence-corrected chi connectivity index (χ2v) is 6.45. The van der Waals surface area contributed by atoms with Gasteiger partial charge in [-0.2, -0.15) is 10.2 Å². The third-order valence-electron chi connectivity index (χ3n) is 4.54. The molecule has 0 bridgehead atoms. The van der Waals surface area contributed by atoms with Crippen molar-refractivity contribution in [1.82, 2.24) is 24.5 Å². The minimum Gasteiger partial charge on any atom is -0.471 e. The van der Waals surface area contributed by atoms with Crippen LogP contribution in [0, 0.1) is 13.8 Å². The van der Waals surface area contributed by atoms with Crippen molar-refractivity contribution < 1.29 is 9.53 Å². The van der Waals surface area contributed by atoms with Crippen molar-refractivity contribution in [3.05, 3.63) is 65.2 Å². The van der Waals surface area contributed by atoms with Crippen LogP contribution >= 0.6 is 0 Å². The van der Waals surface area contributed by atoms with Gasteiger partial charge < -0.3 is 9.64 Å². The molecular formula is C20H25N5O2. The molecule has 3 rings (SSSR count). The molecule has 0 aliphatic heterocycles. The number of nitrogens with zero attached hydrogens (tertiary/aromatic N) is 5. The Bertz CT molecular complexity index is 914. The van der Waals surface area contributed by atoms with Crippen molar-refractivity contribution in [1.29, 1.82) is 0 Å². The number of ether oxygens (including phenoxy) is 1. The minimum absolute atomic E-state index is 0.128. The molecule has 1 amide bonds. The Morgan fingerprint density at radius 3 is 2.56 bits per heavy atom. The smallest absolute Gasteiger partial charge is 0.274 e. The summed E-state index contributed by atoms with van der Waals surface area (Å²) in [5.41, 5.74) is 3.53. The highest BCUT2D eigenvalue weighted by atomic mass is 16.5. The van der Waals surface area contributed by atoms with Crippen molar-refractivity contribution in [3.63, 3.8) is 0 Å². The molecular weight excluding hydrogens is 342 g/mol. The second kappa shape index (κ2) is 8.07. The van der Waals surface area contributed by atoms with Gasteiger partial charge in [0.1, 0.15) is 5.75 Å². The topological polar surface area (TPSA) is 65.2 Å². The van der Waals surface area contributed by atoms with Crippen LogP contribution in [0.25, 0.3) is 0 Å². The lowest BCUT2D eigenvalue weighted by atomic mass is 10.2. The van der Waals surface area contributed by atoms with E-state index in [1.807, 2.05) is 48.9 Å². The minimum atomic E-state index is -0.128. The van der Waals surface area contributed by atoms with Gasteiger partial charge in [0.2, 0.25) is 0 Å². The molecule has 3 aromatic rings. The van der Waals surface area contributed by atoms with Crippen molar-refractivity contribution in [2.45, 2.75) is 40.6 Å². The Kier molecular flexibility index (Phi) is 5.59. The normalized spacial score (nSPS) is 10.8. The summed E-state index contributed by atoms with van der Waals surface area (Å²) in [5.74, 6) is 0.633. The number of amides is 1. The van der Waals surface area contributed by atoms with Gasteiger partial charge in [-0.15, -0.1) is 0 Å². The molecule has 1 aromatic carbocycles. The molecule has 0 aliphatic rings. The second-order valence-electron chi connectivity index (χ2n) is 6.45. The molecule has 0 radical (unpaired) electrons. The molecule has 142 valence electrons. The Morgan fingerprint density at radius 1 is 1.15 bits per heavy atom. The maximum atomic E-state index is 12.7.